The smallest absolute Gasteiger partial charge is 0.409 e. The average Bonchev–Trinajstić information content (AvgIpc) is 3.21. The van der Waals surface area contributed by atoms with Gasteiger partial charge in [0.15, 0.2) is 0 Å². The van der Waals surface area contributed by atoms with Gasteiger partial charge in [0, 0.05) is 58.9 Å². The van der Waals surface area contributed by atoms with E-state index in [9.17, 15) is 14.4 Å². The van der Waals surface area contributed by atoms with Crippen LogP contribution in [0.3, 0.4) is 0 Å². The van der Waals surface area contributed by atoms with Crippen LogP contribution < -0.4 is 15.5 Å². The third kappa shape index (κ3) is 8.28. The Morgan fingerprint density at radius 1 is 0.854 bits per heavy atom. The van der Waals surface area contributed by atoms with E-state index in [4.69, 9.17) is 39.5 Å². The number of rotatable bonds is 8. The Morgan fingerprint density at radius 3 is 2.39 bits per heavy atom. The Kier molecular flexibility index (Phi) is 10.7. The van der Waals surface area contributed by atoms with Crippen LogP contribution in [-0.4, -0.2) is 62.1 Å². The van der Waals surface area contributed by atoms with E-state index in [-0.39, 0.29) is 17.9 Å². The molecule has 11 heteroatoms. The highest BCUT2D eigenvalue weighted by Gasteiger charge is 2.23. The summed E-state index contributed by atoms with van der Waals surface area (Å²) >= 11 is 18.3. The molecule has 216 valence electrons. The third-order valence-electron chi connectivity index (χ3n) is 6.65. The third-order valence-corrected chi connectivity index (χ3v) is 7.47. The minimum atomic E-state index is -0.355. The molecule has 0 bridgehead atoms. The molecule has 1 aliphatic heterocycles. The molecule has 2 N–H and O–H groups in total. The molecule has 0 aliphatic carbocycles. The van der Waals surface area contributed by atoms with Crippen LogP contribution in [0.1, 0.15) is 39.6 Å². The molecule has 1 saturated heterocycles. The van der Waals surface area contributed by atoms with Crippen LogP contribution in [0, 0.1) is 0 Å². The fourth-order valence-corrected chi connectivity index (χ4v) is 5.26. The van der Waals surface area contributed by atoms with Crippen molar-refractivity contribution in [2.45, 2.75) is 19.8 Å². The minimum Gasteiger partial charge on any atom is -0.450 e. The van der Waals surface area contributed by atoms with E-state index < -0.39 is 0 Å². The second-order valence-electron chi connectivity index (χ2n) is 9.46. The van der Waals surface area contributed by atoms with Crippen LogP contribution in [0.25, 0.3) is 0 Å². The first kappa shape index (κ1) is 30.5. The summed E-state index contributed by atoms with van der Waals surface area (Å²) in [6, 6.07) is 17.1. The van der Waals surface area contributed by atoms with E-state index in [1.54, 1.807) is 60.4 Å². The van der Waals surface area contributed by atoms with Crippen LogP contribution in [0.15, 0.2) is 60.7 Å². The predicted octanol–water partition coefficient (Wildman–Crippen LogP) is 6.54. The second-order valence-corrected chi connectivity index (χ2v) is 10.7. The van der Waals surface area contributed by atoms with Gasteiger partial charge in [-0.3, -0.25) is 9.59 Å². The lowest BCUT2D eigenvalue weighted by molar-refractivity contribution is 0.0952. The lowest BCUT2D eigenvalue weighted by Gasteiger charge is -2.26. The number of nitrogens with one attached hydrogen (secondary N) is 2. The number of hydrogen-bond donors (Lipinski definition) is 2. The number of carbonyl (C=O) groups excluding carboxylic acids is 3. The first-order valence-corrected chi connectivity index (χ1v) is 14.5. The van der Waals surface area contributed by atoms with Crippen molar-refractivity contribution >= 4 is 64.1 Å². The summed E-state index contributed by atoms with van der Waals surface area (Å²) in [6.07, 6.45) is 0.912. The van der Waals surface area contributed by atoms with Crippen LogP contribution >= 0.6 is 34.8 Å². The first-order chi connectivity index (χ1) is 19.7. The minimum absolute atomic E-state index is 0.288. The SMILES string of the molecule is CCOC(=O)N1CCCN(c2ccc(C(=O)NCCc3ccc(Cl)cc3Cl)cc2NC(=O)c2cccc(Cl)c2)CC1. The van der Waals surface area contributed by atoms with E-state index in [2.05, 4.69) is 15.5 Å². The maximum Gasteiger partial charge on any atom is 0.409 e. The monoisotopic (exact) mass is 616 g/mol. The molecule has 41 heavy (non-hydrogen) atoms. The maximum absolute atomic E-state index is 13.2. The Bertz CT molecular complexity index is 1420. The molecule has 8 nitrogen and oxygen atoms in total. The molecule has 0 radical (unpaired) electrons. The summed E-state index contributed by atoms with van der Waals surface area (Å²) in [4.78, 5) is 42.3. The van der Waals surface area contributed by atoms with Gasteiger partial charge in [0.2, 0.25) is 0 Å². The van der Waals surface area contributed by atoms with Crippen molar-refractivity contribution in [1.29, 1.82) is 0 Å². The molecule has 0 atom stereocenters. The zero-order valence-electron chi connectivity index (χ0n) is 22.6. The zero-order valence-corrected chi connectivity index (χ0v) is 24.9. The predicted molar refractivity (Wildman–Crippen MR) is 164 cm³/mol. The molecule has 0 aromatic heterocycles. The largest absolute Gasteiger partial charge is 0.450 e. The van der Waals surface area contributed by atoms with Gasteiger partial charge in [-0.1, -0.05) is 46.9 Å². The number of ether oxygens (including phenoxy) is 1. The molecule has 4 rings (SSSR count). The van der Waals surface area contributed by atoms with Crippen LogP contribution in [0.2, 0.25) is 15.1 Å². The van der Waals surface area contributed by atoms with Gasteiger partial charge < -0.3 is 25.2 Å². The molecule has 0 unspecified atom stereocenters. The number of halogens is 3. The molecule has 3 aromatic carbocycles. The Hall–Kier alpha value is -3.46. The topological polar surface area (TPSA) is 91.0 Å². The van der Waals surface area contributed by atoms with Crippen molar-refractivity contribution in [3.05, 3.63) is 92.4 Å². The lowest BCUT2D eigenvalue weighted by Crippen LogP contribution is -2.35. The van der Waals surface area contributed by atoms with Gasteiger partial charge in [-0.05, 0) is 73.9 Å². The molecular weight excluding hydrogens is 587 g/mol. The van der Waals surface area contributed by atoms with Gasteiger partial charge in [-0.15, -0.1) is 0 Å². The highest BCUT2D eigenvalue weighted by Crippen LogP contribution is 2.29. The molecule has 3 aromatic rings. The van der Waals surface area contributed by atoms with Crippen molar-refractivity contribution in [2.24, 2.45) is 0 Å². The average molecular weight is 618 g/mol. The van der Waals surface area contributed by atoms with E-state index in [1.165, 1.54) is 0 Å². The standard InChI is InChI=1S/C30H31Cl3N4O4/c1-2-41-30(40)37-14-4-13-36(15-16-37)27-10-8-22(18-26(27)35-29(39)21-5-3-6-23(31)17-21)28(38)34-12-11-20-7-9-24(32)19-25(20)33/h3,5-10,17-19H,2,4,11-16H2,1H3,(H,34,38)(H,35,39). The first-order valence-electron chi connectivity index (χ1n) is 13.3. The summed E-state index contributed by atoms with van der Waals surface area (Å²) in [5.74, 6) is -0.643. The van der Waals surface area contributed by atoms with Gasteiger partial charge in [-0.25, -0.2) is 4.79 Å². The van der Waals surface area contributed by atoms with Crippen molar-refractivity contribution in [3.63, 3.8) is 0 Å². The van der Waals surface area contributed by atoms with Gasteiger partial charge in [0.1, 0.15) is 0 Å². The van der Waals surface area contributed by atoms with Crippen molar-refractivity contribution < 1.29 is 19.1 Å². The normalized spacial score (nSPS) is 13.4. The van der Waals surface area contributed by atoms with Crippen molar-refractivity contribution in [1.82, 2.24) is 10.2 Å². The lowest BCUT2D eigenvalue weighted by atomic mass is 10.1. The molecule has 1 heterocycles. The van der Waals surface area contributed by atoms with Gasteiger partial charge >= 0.3 is 6.09 Å². The molecule has 1 fully saturated rings. The second kappa shape index (κ2) is 14.4. The number of hydrogen-bond acceptors (Lipinski definition) is 5. The summed E-state index contributed by atoms with van der Waals surface area (Å²) in [6.45, 7) is 4.68. The van der Waals surface area contributed by atoms with Crippen molar-refractivity contribution in [2.75, 3.05) is 49.5 Å². The van der Waals surface area contributed by atoms with Gasteiger partial charge in [0.05, 0.1) is 18.0 Å². The Morgan fingerprint density at radius 2 is 1.63 bits per heavy atom. The van der Waals surface area contributed by atoms with Crippen LogP contribution in [-0.2, 0) is 11.2 Å². The number of benzene rings is 3. The van der Waals surface area contributed by atoms with Gasteiger partial charge in [0.25, 0.3) is 11.8 Å². The van der Waals surface area contributed by atoms with E-state index in [0.29, 0.717) is 77.6 Å². The van der Waals surface area contributed by atoms with Crippen LogP contribution in [0.4, 0.5) is 16.2 Å². The number of nitrogens with zero attached hydrogens (tertiary/aromatic N) is 2. The summed E-state index contributed by atoms with van der Waals surface area (Å²) < 4.78 is 5.17. The Labute approximate surface area is 254 Å². The summed E-state index contributed by atoms with van der Waals surface area (Å²) in [5, 5.41) is 7.41. The number of carbonyl (C=O) groups is 3. The summed E-state index contributed by atoms with van der Waals surface area (Å²) in [5.41, 5.74) is 2.88. The fourth-order valence-electron chi connectivity index (χ4n) is 4.57. The van der Waals surface area contributed by atoms with Gasteiger partial charge in [-0.2, -0.15) is 0 Å². The quantitative estimate of drug-likeness (QED) is 0.300. The van der Waals surface area contributed by atoms with E-state index in [1.807, 2.05) is 12.1 Å². The highest BCUT2D eigenvalue weighted by molar-refractivity contribution is 6.35. The molecule has 0 saturated carbocycles. The van der Waals surface area contributed by atoms with E-state index >= 15 is 0 Å². The number of anilines is 2. The maximum atomic E-state index is 13.2. The molecule has 3 amide bonds. The van der Waals surface area contributed by atoms with E-state index in [0.717, 1.165) is 17.7 Å². The number of amides is 3. The highest BCUT2D eigenvalue weighted by atomic mass is 35.5. The molecular formula is C30H31Cl3N4O4. The fraction of sp³-hybridized carbons (Fsp3) is 0.300. The molecule has 1 aliphatic rings. The Balaban J connectivity index is 1.53. The molecule has 0 spiro atoms. The zero-order chi connectivity index (χ0) is 29.4. The van der Waals surface area contributed by atoms with Crippen molar-refractivity contribution in [3.8, 4) is 0 Å². The summed E-state index contributed by atoms with van der Waals surface area (Å²) in [7, 11) is 0. The van der Waals surface area contributed by atoms with Crippen LogP contribution in [0.5, 0.6) is 0 Å².